The zero-order valence-corrected chi connectivity index (χ0v) is 16.8. The van der Waals surface area contributed by atoms with Gasteiger partial charge in [0.1, 0.15) is 0 Å². The van der Waals surface area contributed by atoms with Crippen molar-refractivity contribution >= 4 is 15.6 Å². The highest BCUT2D eigenvalue weighted by Crippen LogP contribution is 2.40. The molecule has 2 aromatic carbocycles. The molecule has 0 amide bonds. The van der Waals surface area contributed by atoms with Crippen molar-refractivity contribution in [3.63, 3.8) is 0 Å². The van der Waals surface area contributed by atoms with Gasteiger partial charge in [-0.05, 0) is 48.6 Å². The number of sulfonamides is 1. The third-order valence-corrected chi connectivity index (χ3v) is 7.61. The van der Waals surface area contributed by atoms with Crippen molar-refractivity contribution in [2.24, 2.45) is 11.8 Å². The average Bonchev–Trinajstić information content (AvgIpc) is 2.91. The number of rotatable bonds is 3. The third kappa shape index (κ3) is 3.17. The first-order valence-corrected chi connectivity index (χ1v) is 10.9. The van der Waals surface area contributed by atoms with Crippen molar-refractivity contribution in [2.75, 3.05) is 6.54 Å². The van der Waals surface area contributed by atoms with Gasteiger partial charge in [-0.1, -0.05) is 67.1 Å². The van der Waals surface area contributed by atoms with Crippen LogP contribution in [-0.4, -0.2) is 25.3 Å². The highest BCUT2D eigenvalue weighted by molar-refractivity contribution is 7.89. The van der Waals surface area contributed by atoms with Crippen LogP contribution in [0.25, 0.3) is 5.57 Å². The average molecular weight is 380 g/mol. The first-order valence-electron chi connectivity index (χ1n) is 9.42. The molecule has 0 saturated carbocycles. The van der Waals surface area contributed by atoms with E-state index in [9.17, 15) is 8.42 Å². The zero-order chi connectivity index (χ0) is 19.2. The molecule has 140 valence electrons. The molecule has 4 heteroatoms. The van der Waals surface area contributed by atoms with E-state index in [1.807, 2.05) is 25.1 Å². The molecule has 2 aliphatic heterocycles. The Morgan fingerprint density at radius 1 is 0.963 bits per heavy atom. The minimum Gasteiger partial charge on any atom is -0.207 e. The molecular formula is C23H25NO2S. The molecular weight excluding hydrogens is 354 g/mol. The van der Waals surface area contributed by atoms with Crippen molar-refractivity contribution in [1.29, 1.82) is 0 Å². The fourth-order valence-corrected chi connectivity index (χ4v) is 5.78. The maximum atomic E-state index is 13.4. The number of aryl methyl sites for hydroxylation is 2. The summed E-state index contributed by atoms with van der Waals surface area (Å²) < 4.78 is 28.4. The fraction of sp³-hybridized carbons (Fsp3) is 0.304. The van der Waals surface area contributed by atoms with E-state index in [0.717, 1.165) is 5.56 Å². The molecule has 3 atom stereocenters. The van der Waals surface area contributed by atoms with Gasteiger partial charge >= 0.3 is 0 Å². The van der Waals surface area contributed by atoms with Crippen LogP contribution >= 0.6 is 0 Å². The number of hydrogen-bond donors (Lipinski definition) is 0. The van der Waals surface area contributed by atoms with Gasteiger partial charge in [0.05, 0.1) is 4.90 Å². The molecule has 2 bridgehead atoms. The van der Waals surface area contributed by atoms with Gasteiger partial charge in [0.2, 0.25) is 10.0 Å². The molecule has 3 aliphatic rings. The lowest BCUT2D eigenvalue weighted by molar-refractivity contribution is 0.308. The highest BCUT2D eigenvalue weighted by atomic mass is 32.2. The Morgan fingerprint density at radius 2 is 1.67 bits per heavy atom. The molecule has 0 radical (unpaired) electrons. The van der Waals surface area contributed by atoms with E-state index >= 15 is 0 Å². The van der Waals surface area contributed by atoms with Crippen LogP contribution in [-0.2, 0) is 10.0 Å². The molecule has 0 N–H and O–H groups in total. The fourth-order valence-electron chi connectivity index (χ4n) is 4.10. The van der Waals surface area contributed by atoms with Crippen LogP contribution in [0.2, 0.25) is 0 Å². The lowest BCUT2D eigenvalue weighted by atomic mass is 9.86. The van der Waals surface area contributed by atoms with Gasteiger partial charge in [-0.15, -0.1) is 0 Å². The zero-order valence-electron chi connectivity index (χ0n) is 16.0. The van der Waals surface area contributed by atoms with E-state index in [2.05, 4.69) is 50.3 Å². The number of benzene rings is 2. The largest absolute Gasteiger partial charge is 0.243 e. The van der Waals surface area contributed by atoms with Crippen molar-refractivity contribution in [3.05, 3.63) is 83.4 Å². The van der Waals surface area contributed by atoms with Gasteiger partial charge in [0, 0.05) is 18.5 Å². The van der Waals surface area contributed by atoms with Gasteiger partial charge in [0.25, 0.3) is 0 Å². The lowest BCUT2D eigenvalue weighted by Crippen LogP contribution is -2.46. The molecule has 2 aromatic rings. The molecule has 3 unspecified atom stereocenters. The van der Waals surface area contributed by atoms with Crippen LogP contribution in [0.1, 0.15) is 23.6 Å². The van der Waals surface area contributed by atoms with Crippen LogP contribution in [0, 0.1) is 25.7 Å². The van der Waals surface area contributed by atoms with Crippen molar-refractivity contribution in [1.82, 2.24) is 4.31 Å². The molecule has 1 aliphatic carbocycles. The Labute approximate surface area is 162 Å². The molecule has 0 fully saturated rings. The van der Waals surface area contributed by atoms with Crippen LogP contribution < -0.4 is 0 Å². The van der Waals surface area contributed by atoms with Gasteiger partial charge in [-0.3, -0.25) is 0 Å². The third-order valence-electron chi connectivity index (χ3n) is 5.73. The van der Waals surface area contributed by atoms with Crippen LogP contribution in [0.5, 0.6) is 0 Å². The van der Waals surface area contributed by atoms with E-state index in [-0.39, 0.29) is 17.9 Å². The van der Waals surface area contributed by atoms with E-state index in [0.29, 0.717) is 11.4 Å². The Balaban J connectivity index is 1.78. The van der Waals surface area contributed by atoms with Crippen LogP contribution in [0.3, 0.4) is 0 Å². The maximum Gasteiger partial charge on any atom is 0.243 e. The van der Waals surface area contributed by atoms with Gasteiger partial charge < -0.3 is 0 Å². The molecule has 0 saturated heterocycles. The number of nitrogens with zero attached hydrogens (tertiary/aromatic N) is 1. The highest BCUT2D eigenvalue weighted by Gasteiger charge is 2.40. The summed E-state index contributed by atoms with van der Waals surface area (Å²) in [6.45, 7) is 6.66. The Hall–Kier alpha value is -2.17. The first-order chi connectivity index (χ1) is 12.9. The maximum absolute atomic E-state index is 13.4. The second-order valence-electron chi connectivity index (χ2n) is 7.67. The summed E-state index contributed by atoms with van der Waals surface area (Å²) in [5.74, 6) is 0.212. The molecule has 5 rings (SSSR count). The second-order valence-corrected chi connectivity index (χ2v) is 9.56. The van der Waals surface area contributed by atoms with E-state index < -0.39 is 10.0 Å². The van der Waals surface area contributed by atoms with Crippen molar-refractivity contribution < 1.29 is 8.42 Å². The summed E-state index contributed by atoms with van der Waals surface area (Å²) in [6.07, 6.45) is 6.53. The smallest absolute Gasteiger partial charge is 0.207 e. The minimum atomic E-state index is -3.53. The predicted molar refractivity (Wildman–Crippen MR) is 110 cm³/mol. The summed E-state index contributed by atoms with van der Waals surface area (Å²) in [4.78, 5) is 0.374. The van der Waals surface area contributed by atoms with E-state index in [4.69, 9.17) is 0 Å². The van der Waals surface area contributed by atoms with E-state index in [1.54, 1.807) is 16.4 Å². The number of fused-ring (bicyclic) bond motifs is 2. The van der Waals surface area contributed by atoms with E-state index in [1.165, 1.54) is 16.7 Å². The SMILES string of the molecule is Cc1ccc(S(=O)(=O)N2CC3C=CC(C)C2C=C3c2ccccc2C)cc1. The normalized spacial score (nSPS) is 25.3. The summed E-state index contributed by atoms with van der Waals surface area (Å²) in [5, 5.41) is 0. The van der Waals surface area contributed by atoms with Crippen molar-refractivity contribution in [3.8, 4) is 0 Å². The Morgan fingerprint density at radius 3 is 2.37 bits per heavy atom. The summed E-state index contributed by atoms with van der Waals surface area (Å²) in [5.41, 5.74) is 4.75. The Bertz CT molecular complexity index is 1020. The standard InChI is InChI=1S/C23H25NO2S/c1-16-8-12-20(13-9-16)27(25,26)24-15-19-11-10-18(3)23(24)14-22(19)21-7-5-4-6-17(21)2/h4-14,18-19,23H,15H2,1-3H3. The Kier molecular flexibility index (Phi) is 4.57. The topological polar surface area (TPSA) is 37.4 Å². The molecule has 0 aromatic heterocycles. The monoisotopic (exact) mass is 379 g/mol. The van der Waals surface area contributed by atoms with Crippen LogP contribution in [0.15, 0.2) is 71.7 Å². The van der Waals surface area contributed by atoms with Gasteiger partial charge in [0.15, 0.2) is 0 Å². The quantitative estimate of drug-likeness (QED) is 0.732. The molecule has 27 heavy (non-hydrogen) atoms. The number of hydrogen-bond acceptors (Lipinski definition) is 2. The molecule has 0 spiro atoms. The predicted octanol–water partition coefficient (Wildman–Crippen LogP) is 4.58. The van der Waals surface area contributed by atoms with Crippen LogP contribution in [0.4, 0.5) is 0 Å². The summed E-state index contributed by atoms with van der Waals surface area (Å²) in [6, 6.07) is 15.3. The lowest BCUT2D eigenvalue weighted by Gasteiger charge is -2.37. The van der Waals surface area contributed by atoms with Gasteiger partial charge in [-0.25, -0.2) is 8.42 Å². The van der Waals surface area contributed by atoms with Gasteiger partial charge in [-0.2, -0.15) is 4.31 Å². The first kappa shape index (κ1) is 18.2. The molecule has 3 nitrogen and oxygen atoms in total. The minimum absolute atomic E-state index is 0.0764. The summed E-state index contributed by atoms with van der Waals surface area (Å²) >= 11 is 0. The molecule has 2 heterocycles. The second kappa shape index (κ2) is 6.77. The summed E-state index contributed by atoms with van der Waals surface area (Å²) in [7, 11) is -3.53. The van der Waals surface area contributed by atoms with Crippen molar-refractivity contribution in [2.45, 2.75) is 31.7 Å².